The number of carbonyl (C=O) groups excluding carboxylic acids is 1. The van der Waals surface area contributed by atoms with Crippen molar-refractivity contribution in [1.82, 2.24) is 4.98 Å². The molecule has 3 heterocycles. The van der Waals surface area contributed by atoms with E-state index in [9.17, 15) is 14.0 Å². The first-order valence-corrected chi connectivity index (χ1v) is 9.95. The lowest BCUT2D eigenvalue weighted by Gasteiger charge is -2.24. The Bertz CT molecular complexity index is 1420. The highest BCUT2D eigenvalue weighted by Gasteiger charge is 2.44. The molecule has 1 atom stereocenters. The van der Waals surface area contributed by atoms with Gasteiger partial charge in [0.25, 0.3) is 5.91 Å². The first kappa shape index (κ1) is 19.2. The van der Waals surface area contributed by atoms with E-state index in [4.69, 9.17) is 4.42 Å². The molecule has 0 spiro atoms. The van der Waals surface area contributed by atoms with Gasteiger partial charge in [-0.25, -0.2) is 9.37 Å². The van der Waals surface area contributed by atoms with Crippen LogP contribution in [0.4, 0.5) is 10.2 Å². The van der Waals surface area contributed by atoms with Crippen molar-refractivity contribution in [1.29, 1.82) is 0 Å². The fourth-order valence-corrected chi connectivity index (χ4v) is 4.08. The van der Waals surface area contributed by atoms with E-state index < -0.39 is 17.8 Å². The Hall–Kier alpha value is -3.80. The van der Waals surface area contributed by atoms with Crippen LogP contribution >= 0.6 is 0 Å². The second-order valence-electron chi connectivity index (χ2n) is 7.93. The Morgan fingerprint density at radius 3 is 2.39 bits per heavy atom. The Kier molecular flexibility index (Phi) is 4.25. The first-order chi connectivity index (χ1) is 14.8. The molecule has 5 nitrogen and oxygen atoms in total. The second-order valence-corrected chi connectivity index (χ2v) is 7.93. The summed E-state index contributed by atoms with van der Waals surface area (Å²) in [5.74, 6) is -0.440. The van der Waals surface area contributed by atoms with Gasteiger partial charge in [0, 0.05) is 6.20 Å². The zero-order valence-electron chi connectivity index (χ0n) is 17.3. The predicted octanol–water partition coefficient (Wildman–Crippen LogP) is 5.00. The van der Waals surface area contributed by atoms with Crippen LogP contribution in [0.2, 0.25) is 0 Å². The topological polar surface area (TPSA) is 63.4 Å². The van der Waals surface area contributed by atoms with Crippen LogP contribution in [0.5, 0.6) is 0 Å². The standard InChI is InChI=1S/C25H19FN2O3/c1-13-8-9-27-20(10-13)28-22(16-4-6-17(26)7-5-16)21-23(29)18-11-14(2)15(3)12-19(18)31-24(21)25(28)30/h4-12,22H,1-3H3/t22-/m1/s1. The van der Waals surface area contributed by atoms with Gasteiger partial charge in [0.1, 0.15) is 17.2 Å². The van der Waals surface area contributed by atoms with E-state index in [1.54, 1.807) is 36.5 Å². The van der Waals surface area contributed by atoms with Crippen molar-refractivity contribution in [3.05, 3.63) is 104 Å². The lowest BCUT2D eigenvalue weighted by Crippen LogP contribution is -2.30. The van der Waals surface area contributed by atoms with Crippen molar-refractivity contribution < 1.29 is 13.6 Å². The molecule has 1 aliphatic rings. The van der Waals surface area contributed by atoms with Crippen LogP contribution in [0.1, 0.15) is 44.4 Å². The van der Waals surface area contributed by atoms with Crippen LogP contribution in [-0.2, 0) is 0 Å². The minimum atomic E-state index is -0.764. The summed E-state index contributed by atoms with van der Waals surface area (Å²) in [6.45, 7) is 5.75. The molecule has 0 saturated carbocycles. The summed E-state index contributed by atoms with van der Waals surface area (Å²) < 4.78 is 19.6. The molecule has 0 aliphatic carbocycles. The summed E-state index contributed by atoms with van der Waals surface area (Å²) in [7, 11) is 0. The number of amides is 1. The minimum absolute atomic E-state index is 0.00150. The third-order valence-electron chi connectivity index (χ3n) is 5.82. The molecule has 0 unspecified atom stereocenters. The smallest absolute Gasteiger partial charge is 0.296 e. The molecule has 6 heteroatoms. The molecule has 0 bridgehead atoms. The van der Waals surface area contributed by atoms with Crippen molar-refractivity contribution in [2.75, 3.05) is 4.90 Å². The predicted molar refractivity (Wildman–Crippen MR) is 116 cm³/mol. The quantitative estimate of drug-likeness (QED) is 0.463. The molecule has 31 heavy (non-hydrogen) atoms. The van der Waals surface area contributed by atoms with Crippen LogP contribution in [0.25, 0.3) is 11.0 Å². The largest absolute Gasteiger partial charge is 0.450 e. The van der Waals surface area contributed by atoms with Crippen molar-refractivity contribution >= 4 is 22.7 Å². The molecule has 2 aromatic heterocycles. The zero-order chi connectivity index (χ0) is 21.9. The fourth-order valence-electron chi connectivity index (χ4n) is 4.08. The second kappa shape index (κ2) is 6.87. The van der Waals surface area contributed by atoms with Gasteiger partial charge in [0.05, 0.1) is 17.0 Å². The summed E-state index contributed by atoms with van der Waals surface area (Å²) in [6.07, 6.45) is 1.61. The van der Waals surface area contributed by atoms with Crippen LogP contribution < -0.4 is 10.3 Å². The minimum Gasteiger partial charge on any atom is -0.450 e. The van der Waals surface area contributed by atoms with Crippen LogP contribution in [0, 0.1) is 26.6 Å². The number of benzene rings is 2. The van der Waals surface area contributed by atoms with E-state index in [0.29, 0.717) is 22.4 Å². The maximum atomic E-state index is 13.6. The van der Waals surface area contributed by atoms with E-state index in [2.05, 4.69) is 4.98 Å². The molecule has 2 aromatic carbocycles. The highest BCUT2D eigenvalue weighted by Crippen LogP contribution is 2.40. The number of hydrogen-bond donors (Lipinski definition) is 0. The SMILES string of the molecule is Cc1ccnc(N2C(=O)c3oc4cc(C)c(C)cc4c(=O)c3[C@H]2c2ccc(F)cc2)c1. The molecule has 5 rings (SSSR count). The third-order valence-corrected chi connectivity index (χ3v) is 5.82. The van der Waals surface area contributed by atoms with Crippen molar-refractivity contribution in [2.45, 2.75) is 26.8 Å². The first-order valence-electron chi connectivity index (χ1n) is 9.95. The van der Waals surface area contributed by atoms with Gasteiger partial charge in [-0.05, 0) is 79.4 Å². The molecule has 154 valence electrons. The molecule has 0 radical (unpaired) electrons. The number of hydrogen-bond acceptors (Lipinski definition) is 4. The third kappa shape index (κ3) is 2.94. The summed E-state index contributed by atoms with van der Waals surface area (Å²) in [4.78, 5) is 32.9. The number of aryl methyl sites for hydroxylation is 3. The number of carbonyl (C=O) groups is 1. The van der Waals surface area contributed by atoms with Gasteiger partial charge >= 0.3 is 0 Å². The molecule has 0 N–H and O–H groups in total. The van der Waals surface area contributed by atoms with Crippen LogP contribution in [-0.4, -0.2) is 10.9 Å². The van der Waals surface area contributed by atoms with E-state index in [1.165, 1.54) is 17.0 Å². The van der Waals surface area contributed by atoms with Gasteiger partial charge in [-0.3, -0.25) is 14.5 Å². The summed E-state index contributed by atoms with van der Waals surface area (Å²) in [5, 5.41) is 0.417. The van der Waals surface area contributed by atoms with E-state index >= 15 is 0 Å². The van der Waals surface area contributed by atoms with Gasteiger partial charge in [-0.1, -0.05) is 12.1 Å². The summed E-state index contributed by atoms with van der Waals surface area (Å²) in [5.41, 5.74) is 3.80. The zero-order valence-corrected chi connectivity index (χ0v) is 17.3. The van der Waals surface area contributed by atoms with Gasteiger partial charge < -0.3 is 4.42 Å². The Morgan fingerprint density at radius 1 is 0.968 bits per heavy atom. The number of aromatic nitrogens is 1. The maximum Gasteiger partial charge on any atom is 0.296 e. The molecular weight excluding hydrogens is 395 g/mol. The molecule has 1 amide bonds. The average molecular weight is 414 g/mol. The monoisotopic (exact) mass is 414 g/mol. The van der Waals surface area contributed by atoms with Gasteiger partial charge in [0.2, 0.25) is 5.76 Å². The highest BCUT2D eigenvalue weighted by molar-refractivity contribution is 6.10. The number of nitrogens with zero attached hydrogens (tertiary/aromatic N) is 2. The molecule has 1 aliphatic heterocycles. The number of fused-ring (bicyclic) bond motifs is 2. The Morgan fingerprint density at radius 2 is 1.68 bits per heavy atom. The molecule has 4 aromatic rings. The lowest BCUT2D eigenvalue weighted by atomic mass is 9.97. The van der Waals surface area contributed by atoms with Crippen molar-refractivity contribution in [3.63, 3.8) is 0 Å². The maximum absolute atomic E-state index is 13.6. The fraction of sp³-hybridized carbons (Fsp3) is 0.160. The normalized spacial score (nSPS) is 15.5. The van der Waals surface area contributed by atoms with E-state index in [0.717, 1.165) is 16.7 Å². The number of halogens is 1. The average Bonchev–Trinajstić information content (AvgIpc) is 3.03. The van der Waals surface area contributed by atoms with Crippen molar-refractivity contribution in [2.24, 2.45) is 0 Å². The van der Waals surface area contributed by atoms with Gasteiger partial charge in [0.15, 0.2) is 5.43 Å². The summed E-state index contributed by atoms with van der Waals surface area (Å²) in [6, 6.07) is 12.2. The van der Waals surface area contributed by atoms with Gasteiger partial charge in [-0.2, -0.15) is 0 Å². The number of pyridine rings is 1. The van der Waals surface area contributed by atoms with Crippen molar-refractivity contribution in [3.8, 4) is 0 Å². The molecule has 0 saturated heterocycles. The van der Waals surface area contributed by atoms with E-state index in [-0.39, 0.29) is 16.8 Å². The highest BCUT2D eigenvalue weighted by atomic mass is 19.1. The molecular formula is C25H19FN2O3. The number of rotatable bonds is 2. The van der Waals surface area contributed by atoms with Gasteiger partial charge in [-0.15, -0.1) is 0 Å². The summed E-state index contributed by atoms with van der Waals surface area (Å²) >= 11 is 0. The van der Waals surface area contributed by atoms with Crippen LogP contribution in [0.3, 0.4) is 0 Å². The Balaban J connectivity index is 1.83. The van der Waals surface area contributed by atoms with E-state index in [1.807, 2.05) is 26.8 Å². The Labute approximate surface area is 177 Å². The van der Waals surface area contributed by atoms with Crippen LogP contribution in [0.15, 0.2) is 63.9 Å². The lowest BCUT2D eigenvalue weighted by molar-refractivity contribution is 0.0970. The number of anilines is 1. The molecule has 0 fully saturated rings.